The molecule has 0 aromatic carbocycles. The molecule has 0 saturated heterocycles. The minimum Gasteiger partial charge on any atom is -0.330 e. The summed E-state index contributed by atoms with van der Waals surface area (Å²) in [5.41, 5.74) is 6.97. The van der Waals surface area contributed by atoms with Gasteiger partial charge in [-0.3, -0.25) is 5.10 Å². The van der Waals surface area contributed by atoms with E-state index in [1.165, 1.54) is 0 Å². The van der Waals surface area contributed by atoms with Gasteiger partial charge in [0.2, 0.25) is 10.0 Å². The highest BCUT2D eigenvalue weighted by atomic mass is 32.2. The van der Waals surface area contributed by atoms with E-state index in [1.807, 2.05) is 6.92 Å². The number of nitrogens with one attached hydrogen (secondary N) is 2. The van der Waals surface area contributed by atoms with Crippen molar-refractivity contribution in [3.63, 3.8) is 0 Å². The van der Waals surface area contributed by atoms with Crippen molar-refractivity contribution in [2.75, 3.05) is 12.3 Å². The normalized spacial score (nSPS) is 11.9. The Kier molecular flexibility index (Phi) is 4.25. The SMILES string of the molecule is Cc1[nH]ncc1CNS(=O)(=O)CCCN. The lowest BCUT2D eigenvalue weighted by atomic mass is 10.3. The Labute approximate surface area is 89.3 Å². The van der Waals surface area contributed by atoms with Crippen LogP contribution in [0.4, 0.5) is 0 Å². The maximum absolute atomic E-state index is 11.4. The Morgan fingerprint density at radius 3 is 2.87 bits per heavy atom. The summed E-state index contributed by atoms with van der Waals surface area (Å²) in [5, 5.41) is 6.55. The molecule has 0 radical (unpaired) electrons. The van der Waals surface area contributed by atoms with Crippen LogP contribution in [-0.4, -0.2) is 30.9 Å². The first kappa shape index (κ1) is 12.2. The van der Waals surface area contributed by atoms with E-state index < -0.39 is 10.0 Å². The Morgan fingerprint density at radius 1 is 1.60 bits per heavy atom. The van der Waals surface area contributed by atoms with Gasteiger partial charge in [0.25, 0.3) is 0 Å². The third-order valence-electron chi connectivity index (χ3n) is 2.03. The van der Waals surface area contributed by atoms with Crippen molar-refractivity contribution in [2.45, 2.75) is 19.9 Å². The van der Waals surface area contributed by atoms with E-state index in [1.54, 1.807) is 6.20 Å². The average molecular weight is 232 g/mol. The van der Waals surface area contributed by atoms with Crippen LogP contribution >= 0.6 is 0 Å². The van der Waals surface area contributed by atoms with Gasteiger partial charge in [0, 0.05) is 17.8 Å². The molecule has 0 saturated carbocycles. The number of nitrogens with zero attached hydrogens (tertiary/aromatic N) is 1. The minimum absolute atomic E-state index is 0.0698. The number of nitrogens with two attached hydrogens (primary N) is 1. The molecular weight excluding hydrogens is 216 g/mol. The van der Waals surface area contributed by atoms with E-state index in [2.05, 4.69) is 14.9 Å². The van der Waals surface area contributed by atoms with Crippen molar-refractivity contribution >= 4 is 10.0 Å². The van der Waals surface area contributed by atoms with Crippen LogP contribution in [0.1, 0.15) is 17.7 Å². The monoisotopic (exact) mass is 232 g/mol. The first-order chi connectivity index (χ1) is 7.05. The molecular formula is C8H16N4O2S. The standard InChI is InChI=1S/C8H16N4O2S/c1-7-8(5-10-12-7)6-11-15(13,14)4-2-3-9/h5,11H,2-4,6,9H2,1H3,(H,10,12). The molecule has 7 heteroatoms. The fourth-order valence-electron chi connectivity index (χ4n) is 1.09. The van der Waals surface area contributed by atoms with Gasteiger partial charge >= 0.3 is 0 Å². The summed E-state index contributed by atoms with van der Waals surface area (Å²) in [7, 11) is -3.21. The number of hydrogen-bond acceptors (Lipinski definition) is 4. The Hall–Kier alpha value is -0.920. The molecule has 0 bridgehead atoms. The maximum Gasteiger partial charge on any atom is 0.211 e. The van der Waals surface area contributed by atoms with Crippen LogP contribution in [0.2, 0.25) is 0 Å². The van der Waals surface area contributed by atoms with Crippen LogP contribution in [-0.2, 0) is 16.6 Å². The summed E-state index contributed by atoms with van der Waals surface area (Å²) in [4.78, 5) is 0. The summed E-state index contributed by atoms with van der Waals surface area (Å²) in [6.07, 6.45) is 2.08. The highest BCUT2D eigenvalue weighted by molar-refractivity contribution is 7.89. The van der Waals surface area contributed by atoms with E-state index >= 15 is 0 Å². The average Bonchev–Trinajstić information content (AvgIpc) is 2.58. The molecule has 0 amide bonds. The van der Waals surface area contributed by atoms with Crippen molar-refractivity contribution < 1.29 is 8.42 Å². The molecule has 86 valence electrons. The van der Waals surface area contributed by atoms with Gasteiger partial charge < -0.3 is 5.73 Å². The zero-order valence-electron chi connectivity index (χ0n) is 8.66. The molecule has 1 aromatic rings. The van der Waals surface area contributed by atoms with Gasteiger partial charge in [-0.2, -0.15) is 5.10 Å². The van der Waals surface area contributed by atoms with Gasteiger partial charge in [-0.25, -0.2) is 13.1 Å². The third-order valence-corrected chi connectivity index (χ3v) is 3.44. The topological polar surface area (TPSA) is 101 Å². The summed E-state index contributed by atoms with van der Waals surface area (Å²) >= 11 is 0. The maximum atomic E-state index is 11.4. The fourth-order valence-corrected chi connectivity index (χ4v) is 2.15. The first-order valence-corrected chi connectivity index (χ1v) is 6.36. The second kappa shape index (κ2) is 5.24. The summed E-state index contributed by atoms with van der Waals surface area (Å²) in [6, 6.07) is 0. The quantitative estimate of drug-likeness (QED) is 0.614. The fraction of sp³-hybridized carbons (Fsp3) is 0.625. The summed E-state index contributed by atoms with van der Waals surface area (Å²) < 4.78 is 25.3. The molecule has 0 unspecified atom stereocenters. The molecule has 6 nitrogen and oxygen atoms in total. The predicted molar refractivity (Wildman–Crippen MR) is 57.6 cm³/mol. The van der Waals surface area contributed by atoms with Gasteiger partial charge in [-0.05, 0) is 19.9 Å². The molecule has 1 rings (SSSR count). The lowest BCUT2D eigenvalue weighted by molar-refractivity contribution is 0.578. The number of aryl methyl sites for hydroxylation is 1. The number of hydrogen-bond donors (Lipinski definition) is 3. The van der Waals surface area contributed by atoms with Crippen LogP contribution < -0.4 is 10.5 Å². The number of sulfonamides is 1. The van der Waals surface area contributed by atoms with Gasteiger partial charge in [-0.1, -0.05) is 0 Å². The zero-order chi connectivity index (χ0) is 11.3. The molecule has 15 heavy (non-hydrogen) atoms. The second-order valence-electron chi connectivity index (χ2n) is 3.30. The van der Waals surface area contributed by atoms with Crippen LogP contribution in [0, 0.1) is 6.92 Å². The number of H-pyrrole nitrogens is 1. The van der Waals surface area contributed by atoms with Gasteiger partial charge in [-0.15, -0.1) is 0 Å². The smallest absolute Gasteiger partial charge is 0.211 e. The van der Waals surface area contributed by atoms with Gasteiger partial charge in [0.1, 0.15) is 0 Å². The Balaban J connectivity index is 2.46. The van der Waals surface area contributed by atoms with Crippen molar-refractivity contribution in [2.24, 2.45) is 5.73 Å². The van der Waals surface area contributed by atoms with E-state index in [9.17, 15) is 8.42 Å². The third kappa shape index (κ3) is 3.98. The molecule has 0 spiro atoms. The van der Waals surface area contributed by atoms with Crippen molar-refractivity contribution in [1.82, 2.24) is 14.9 Å². The van der Waals surface area contributed by atoms with Gasteiger partial charge in [0.05, 0.1) is 11.9 Å². The second-order valence-corrected chi connectivity index (χ2v) is 5.23. The van der Waals surface area contributed by atoms with Gasteiger partial charge in [0.15, 0.2) is 0 Å². The lowest BCUT2D eigenvalue weighted by Crippen LogP contribution is -2.27. The van der Waals surface area contributed by atoms with Crippen molar-refractivity contribution in [3.05, 3.63) is 17.5 Å². The van der Waals surface area contributed by atoms with E-state index in [0.717, 1.165) is 11.3 Å². The lowest BCUT2D eigenvalue weighted by Gasteiger charge is -2.04. The molecule has 0 fully saturated rings. The number of aromatic nitrogens is 2. The van der Waals surface area contributed by atoms with Crippen LogP contribution in [0.25, 0.3) is 0 Å². The minimum atomic E-state index is -3.21. The zero-order valence-corrected chi connectivity index (χ0v) is 9.47. The summed E-state index contributed by atoms with van der Waals surface area (Å²) in [5.74, 6) is 0.0698. The van der Waals surface area contributed by atoms with Crippen molar-refractivity contribution in [1.29, 1.82) is 0 Å². The first-order valence-electron chi connectivity index (χ1n) is 4.71. The Bertz CT molecular complexity index is 399. The molecule has 1 aromatic heterocycles. The molecule has 0 atom stereocenters. The van der Waals surface area contributed by atoms with Crippen LogP contribution in [0.3, 0.4) is 0 Å². The Morgan fingerprint density at radius 2 is 2.33 bits per heavy atom. The predicted octanol–water partition coefficient (Wildman–Crippen LogP) is -0.514. The molecule has 1 heterocycles. The molecule has 0 aliphatic carbocycles. The van der Waals surface area contributed by atoms with Crippen LogP contribution in [0.5, 0.6) is 0 Å². The number of rotatable bonds is 6. The van der Waals surface area contributed by atoms with Crippen molar-refractivity contribution in [3.8, 4) is 0 Å². The van der Waals surface area contributed by atoms with E-state index in [-0.39, 0.29) is 12.3 Å². The molecule has 0 aliphatic rings. The van der Waals surface area contributed by atoms with Crippen LogP contribution in [0.15, 0.2) is 6.20 Å². The molecule has 4 N–H and O–H groups in total. The number of aromatic amines is 1. The highest BCUT2D eigenvalue weighted by Gasteiger charge is 2.10. The summed E-state index contributed by atoms with van der Waals surface area (Å²) in [6.45, 7) is 2.50. The highest BCUT2D eigenvalue weighted by Crippen LogP contribution is 2.02. The molecule has 0 aliphatic heterocycles. The van der Waals surface area contributed by atoms with E-state index in [4.69, 9.17) is 5.73 Å². The largest absolute Gasteiger partial charge is 0.330 e. The van der Waals surface area contributed by atoms with E-state index in [0.29, 0.717) is 13.0 Å².